The van der Waals surface area contributed by atoms with Gasteiger partial charge in [0, 0.05) is 4.47 Å². The maximum atomic E-state index is 12.1. The van der Waals surface area contributed by atoms with Gasteiger partial charge in [-0.25, -0.2) is 9.79 Å². The quantitative estimate of drug-likeness (QED) is 0.506. The third kappa shape index (κ3) is 3.34. The van der Waals surface area contributed by atoms with E-state index >= 15 is 0 Å². The highest BCUT2D eigenvalue weighted by atomic mass is 79.9. The van der Waals surface area contributed by atoms with E-state index in [2.05, 4.69) is 20.9 Å². The zero-order chi connectivity index (χ0) is 17.3. The van der Waals surface area contributed by atoms with Crippen molar-refractivity contribution in [3.8, 4) is 5.75 Å². The number of ether oxygens (including phenoxy) is 2. The van der Waals surface area contributed by atoms with Gasteiger partial charge in [-0.2, -0.15) is 0 Å². The summed E-state index contributed by atoms with van der Waals surface area (Å²) in [5, 5.41) is 0.749. The SMILES string of the molecule is COc1ccc(Br)cc1C1=NC(=Cc2cccc(Cl)c2Cl)C(=O)O1. The molecule has 0 spiro atoms. The van der Waals surface area contributed by atoms with Crippen LogP contribution in [0.3, 0.4) is 0 Å². The summed E-state index contributed by atoms with van der Waals surface area (Å²) in [7, 11) is 1.53. The van der Waals surface area contributed by atoms with Crippen LogP contribution in [-0.2, 0) is 9.53 Å². The minimum atomic E-state index is -0.567. The van der Waals surface area contributed by atoms with Crippen LogP contribution in [0.4, 0.5) is 0 Å². The number of aliphatic imine (C=N–C) groups is 1. The Labute approximate surface area is 156 Å². The maximum absolute atomic E-state index is 12.1. The Hall–Kier alpha value is -1.82. The van der Waals surface area contributed by atoms with E-state index in [0.717, 1.165) is 4.47 Å². The van der Waals surface area contributed by atoms with Crippen molar-refractivity contribution in [3.63, 3.8) is 0 Å². The lowest BCUT2D eigenvalue weighted by Crippen LogP contribution is -2.07. The summed E-state index contributed by atoms with van der Waals surface area (Å²) < 4.78 is 11.4. The molecule has 0 N–H and O–H groups in total. The molecule has 2 aromatic rings. The van der Waals surface area contributed by atoms with Gasteiger partial charge in [-0.15, -0.1) is 0 Å². The summed E-state index contributed by atoms with van der Waals surface area (Å²) in [5.41, 5.74) is 1.29. The summed E-state index contributed by atoms with van der Waals surface area (Å²) >= 11 is 15.5. The average molecular weight is 427 g/mol. The molecule has 0 aliphatic carbocycles. The molecule has 0 radical (unpaired) electrons. The molecule has 3 rings (SSSR count). The first-order valence-corrected chi connectivity index (χ1v) is 8.35. The molecule has 0 saturated carbocycles. The molecule has 1 aliphatic rings. The molecule has 4 nitrogen and oxygen atoms in total. The monoisotopic (exact) mass is 425 g/mol. The number of hydrogen-bond donors (Lipinski definition) is 0. The first kappa shape index (κ1) is 17.0. The van der Waals surface area contributed by atoms with Crippen molar-refractivity contribution in [1.29, 1.82) is 0 Å². The Morgan fingerprint density at radius 2 is 2.04 bits per heavy atom. The molecule has 0 bridgehead atoms. The molecule has 122 valence electrons. The second-order valence-corrected chi connectivity index (χ2v) is 6.52. The van der Waals surface area contributed by atoms with Crippen molar-refractivity contribution in [2.24, 2.45) is 4.99 Å². The number of hydrogen-bond acceptors (Lipinski definition) is 4. The molecule has 1 heterocycles. The van der Waals surface area contributed by atoms with E-state index < -0.39 is 5.97 Å². The van der Waals surface area contributed by atoms with Gasteiger partial charge in [-0.3, -0.25) is 0 Å². The van der Waals surface area contributed by atoms with E-state index in [4.69, 9.17) is 32.7 Å². The molecule has 0 fully saturated rings. The number of methoxy groups -OCH3 is 1. The highest BCUT2D eigenvalue weighted by Gasteiger charge is 2.26. The lowest BCUT2D eigenvalue weighted by atomic mass is 10.2. The second-order valence-electron chi connectivity index (χ2n) is 4.82. The molecular formula is C17H10BrCl2NO3. The first-order valence-electron chi connectivity index (χ1n) is 6.80. The van der Waals surface area contributed by atoms with Crippen LogP contribution >= 0.6 is 39.1 Å². The predicted molar refractivity (Wildman–Crippen MR) is 97.8 cm³/mol. The third-order valence-corrected chi connectivity index (χ3v) is 4.61. The van der Waals surface area contributed by atoms with E-state index in [1.165, 1.54) is 13.2 Å². The molecule has 0 atom stereocenters. The van der Waals surface area contributed by atoms with Gasteiger partial charge in [0.2, 0.25) is 5.90 Å². The van der Waals surface area contributed by atoms with E-state index in [-0.39, 0.29) is 11.6 Å². The zero-order valence-electron chi connectivity index (χ0n) is 12.3. The van der Waals surface area contributed by atoms with Crippen LogP contribution < -0.4 is 4.74 Å². The third-order valence-electron chi connectivity index (χ3n) is 3.29. The first-order chi connectivity index (χ1) is 11.5. The molecule has 0 unspecified atom stereocenters. The van der Waals surface area contributed by atoms with Crippen molar-refractivity contribution in [1.82, 2.24) is 0 Å². The lowest BCUT2D eigenvalue weighted by molar-refractivity contribution is -0.129. The summed E-state index contributed by atoms with van der Waals surface area (Å²) in [6, 6.07) is 10.5. The number of nitrogens with zero attached hydrogens (tertiary/aromatic N) is 1. The number of esters is 1. The number of carbonyl (C=O) groups excluding carboxylic acids is 1. The topological polar surface area (TPSA) is 47.9 Å². The van der Waals surface area contributed by atoms with Crippen molar-refractivity contribution in [3.05, 3.63) is 67.7 Å². The van der Waals surface area contributed by atoms with Crippen LogP contribution in [0.15, 0.2) is 51.6 Å². The van der Waals surface area contributed by atoms with Gasteiger partial charge in [-0.1, -0.05) is 51.3 Å². The largest absolute Gasteiger partial charge is 0.496 e. The van der Waals surface area contributed by atoms with Crippen LogP contribution in [0.5, 0.6) is 5.75 Å². The van der Waals surface area contributed by atoms with Gasteiger partial charge in [0.1, 0.15) is 5.75 Å². The summed E-state index contributed by atoms with van der Waals surface area (Å²) in [6.07, 6.45) is 1.54. The van der Waals surface area contributed by atoms with E-state index in [9.17, 15) is 4.79 Å². The summed E-state index contributed by atoms with van der Waals surface area (Å²) in [4.78, 5) is 16.4. The van der Waals surface area contributed by atoms with E-state index in [1.54, 1.807) is 30.3 Å². The minimum absolute atomic E-state index is 0.135. The number of benzene rings is 2. The van der Waals surface area contributed by atoms with Gasteiger partial charge in [0.25, 0.3) is 0 Å². The molecule has 1 aliphatic heterocycles. The molecule has 2 aromatic carbocycles. The minimum Gasteiger partial charge on any atom is -0.496 e. The number of carbonyl (C=O) groups is 1. The van der Waals surface area contributed by atoms with Gasteiger partial charge < -0.3 is 9.47 Å². The zero-order valence-corrected chi connectivity index (χ0v) is 15.4. The lowest BCUT2D eigenvalue weighted by Gasteiger charge is -2.07. The van der Waals surface area contributed by atoms with Crippen molar-refractivity contribution < 1.29 is 14.3 Å². The Balaban J connectivity index is 2.04. The molecule has 24 heavy (non-hydrogen) atoms. The summed E-state index contributed by atoms with van der Waals surface area (Å²) in [5.74, 6) is 0.150. The second kappa shape index (κ2) is 6.97. The fourth-order valence-electron chi connectivity index (χ4n) is 2.15. The molecule has 0 amide bonds. The standard InChI is InChI=1S/C17H10BrCl2NO3/c1-23-14-6-5-10(18)8-11(14)16-21-13(17(22)24-16)7-9-3-2-4-12(19)15(9)20/h2-8H,1H3. The van der Waals surface area contributed by atoms with Crippen LogP contribution in [0.25, 0.3) is 6.08 Å². The Kier molecular flexibility index (Phi) is 4.94. The fourth-order valence-corrected chi connectivity index (χ4v) is 2.87. The summed E-state index contributed by atoms with van der Waals surface area (Å²) in [6.45, 7) is 0. The van der Waals surface area contributed by atoms with Crippen LogP contribution in [0.1, 0.15) is 11.1 Å². The molecule has 0 aromatic heterocycles. The van der Waals surface area contributed by atoms with Crippen LogP contribution in [0, 0.1) is 0 Å². The number of cyclic esters (lactones) is 1. The van der Waals surface area contributed by atoms with Crippen molar-refractivity contribution >= 4 is 57.1 Å². The fraction of sp³-hybridized carbons (Fsp3) is 0.0588. The van der Waals surface area contributed by atoms with Gasteiger partial charge in [0.05, 0.1) is 22.7 Å². The molecule has 0 saturated heterocycles. The number of rotatable bonds is 3. The van der Waals surface area contributed by atoms with Gasteiger partial charge >= 0.3 is 5.97 Å². The predicted octanol–water partition coefficient (Wildman–Crippen LogP) is 5.11. The average Bonchev–Trinajstić information content (AvgIpc) is 2.92. The normalized spacial score (nSPS) is 15.4. The number of halogens is 3. The van der Waals surface area contributed by atoms with Crippen molar-refractivity contribution in [2.45, 2.75) is 0 Å². The van der Waals surface area contributed by atoms with Crippen molar-refractivity contribution in [2.75, 3.05) is 7.11 Å². The van der Waals surface area contributed by atoms with Crippen LogP contribution in [0.2, 0.25) is 10.0 Å². The Morgan fingerprint density at radius 1 is 1.25 bits per heavy atom. The highest BCUT2D eigenvalue weighted by Crippen LogP contribution is 2.30. The smallest absolute Gasteiger partial charge is 0.363 e. The Bertz CT molecular complexity index is 893. The maximum Gasteiger partial charge on any atom is 0.363 e. The van der Waals surface area contributed by atoms with E-state index in [1.807, 2.05) is 6.07 Å². The molecule has 7 heteroatoms. The van der Waals surface area contributed by atoms with Gasteiger partial charge in [0.15, 0.2) is 5.70 Å². The Morgan fingerprint density at radius 3 is 2.79 bits per heavy atom. The van der Waals surface area contributed by atoms with Gasteiger partial charge in [-0.05, 0) is 35.9 Å². The molecular weight excluding hydrogens is 417 g/mol. The van der Waals surface area contributed by atoms with Crippen LogP contribution in [-0.4, -0.2) is 19.0 Å². The highest BCUT2D eigenvalue weighted by molar-refractivity contribution is 9.10. The van der Waals surface area contributed by atoms with E-state index in [0.29, 0.717) is 26.9 Å².